The second-order valence-corrected chi connectivity index (χ2v) is 6.03. The van der Waals surface area contributed by atoms with Crippen molar-refractivity contribution in [3.05, 3.63) is 53.6 Å². The molecule has 2 amide bonds. The van der Waals surface area contributed by atoms with Crippen molar-refractivity contribution in [2.24, 2.45) is 0 Å². The monoisotopic (exact) mass is 369 g/mol. The molecule has 0 heterocycles. The van der Waals surface area contributed by atoms with Gasteiger partial charge in [-0.15, -0.1) is 0 Å². The van der Waals surface area contributed by atoms with Crippen LogP contribution in [0.25, 0.3) is 0 Å². The van der Waals surface area contributed by atoms with Crippen LogP contribution < -0.4 is 16.4 Å². The fraction of sp³-hybridized carbons (Fsp3) is 0.250. The van der Waals surface area contributed by atoms with E-state index < -0.39 is 17.8 Å². The first-order chi connectivity index (χ1) is 12.9. The van der Waals surface area contributed by atoms with E-state index in [9.17, 15) is 14.4 Å². The number of nitrogens with one attached hydrogen (secondary N) is 2. The third-order valence-electron chi connectivity index (χ3n) is 3.79. The molecule has 7 heteroatoms. The van der Waals surface area contributed by atoms with Gasteiger partial charge in [-0.25, -0.2) is 4.79 Å². The zero-order valence-corrected chi connectivity index (χ0v) is 15.4. The summed E-state index contributed by atoms with van der Waals surface area (Å²) in [7, 11) is 0. The maximum atomic E-state index is 12.2. The maximum Gasteiger partial charge on any atom is 0.340 e. The van der Waals surface area contributed by atoms with Crippen LogP contribution in [0.3, 0.4) is 0 Å². The van der Waals surface area contributed by atoms with Crippen LogP contribution in [0.15, 0.2) is 42.5 Å². The van der Waals surface area contributed by atoms with Gasteiger partial charge in [0.05, 0.1) is 29.2 Å². The summed E-state index contributed by atoms with van der Waals surface area (Å²) in [4.78, 5) is 36.6. The van der Waals surface area contributed by atoms with Gasteiger partial charge in [0.25, 0.3) is 0 Å². The van der Waals surface area contributed by atoms with E-state index in [1.807, 2.05) is 13.8 Å². The number of aryl methyl sites for hydroxylation is 1. The van der Waals surface area contributed by atoms with Gasteiger partial charge in [-0.2, -0.15) is 0 Å². The Morgan fingerprint density at radius 2 is 1.67 bits per heavy atom. The van der Waals surface area contributed by atoms with Crippen molar-refractivity contribution in [1.29, 1.82) is 0 Å². The highest BCUT2D eigenvalue weighted by Crippen LogP contribution is 2.20. The molecule has 0 bridgehead atoms. The minimum Gasteiger partial charge on any atom is -0.462 e. The van der Waals surface area contributed by atoms with Gasteiger partial charge in [0.1, 0.15) is 0 Å². The van der Waals surface area contributed by atoms with Crippen LogP contribution in [-0.4, -0.2) is 24.4 Å². The lowest BCUT2D eigenvalue weighted by atomic mass is 10.1. The van der Waals surface area contributed by atoms with E-state index in [4.69, 9.17) is 10.5 Å². The molecule has 2 aromatic rings. The molecular weight excluding hydrogens is 346 g/mol. The van der Waals surface area contributed by atoms with Crippen LogP contribution in [0, 0.1) is 6.92 Å². The van der Waals surface area contributed by atoms with Crippen LogP contribution in [0.2, 0.25) is 0 Å². The molecule has 0 spiro atoms. The second kappa shape index (κ2) is 9.38. The number of hydrogen-bond donors (Lipinski definition) is 3. The standard InChI is InChI=1S/C20H23N3O4/c1-3-4-11-27-20(26)14-7-5-6-8-16(14)22-18(24)19(25)23-17-12-13(2)9-10-15(17)21/h5-10,12H,3-4,11,21H2,1-2H3,(H,22,24)(H,23,25). The van der Waals surface area contributed by atoms with Crippen molar-refractivity contribution in [3.8, 4) is 0 Å². The van der Waals surface area contributed by atoms with Crippen molar-refractivity contribution in [3.63, 3.8) is 0 Å². The number of amides is 2. The molecule has 0 fully saturated rings. The van der Waals surface area contributed by atoms with Gasteiger partial charge < -0.3 is 21.1 Å². The summed E-state index contributed by atoms with van der Waals surface area (Å²) in [5.74, 6) is -2.35. The summed E-state index contributed by atoms with van der Waals surface area (Å²) in [5.41, 5.74) is 7.78. The van der Waals surface area contributed by atoms with E-state index in [1.165, 1.54) is 12.1 Å². The molecular formula is C20H23N3O4. The number of unbranched alkanes of at least 4 members (excludes halogenated alkanes) is 1. The molecule has 0 saturated carbocycles. The predicted molar refractivity (Wildman–Crippen MR) is 104 cm³/mol. The fourth-order valence-electron chi connectivity index (χ4n) is 2.29. The quantitative estimate of drug-likeness (QED) is 0.314. The Balaban J connectivity index is 2.08. The number of benzene rings is 2. The molecule has 0 atom stereocenters. The Labute approximate surface area is 157 Å². The molecule has 0 aromatic heterocycles. The SMILES string of the molecule is CCCCOC(=O)c1ccccc1NC(=O)C(=O)Nc1cc(C)ccc1N. The molecule has 2 aromatic carbocycles. The number of hydrogen-bond acceptors (Lipinski definition) is 5. The summed E-state index contributed by atoms with van der Waals surface area (Å²) in [6.07, 6.45) is 1.65. The van der Waals surface area contributed by atoms with Crippen molar-refractivity contribution >= 4 is 34.8 Å². The van der Waals surface area contributed by atoms with Crippen LogP contribution >= 0.6 is 0 Å². The first-order valence-electron chi connectivity index (χ1n) is 8.67. The topological polar surface area (TPSA) is 111 Å². The highest BCUT2D eigenvalue weighted by molar-refractivity contribution is 6.44. The van der Waals surface area contributed by atoms with E-state index in [0.717, 1.165) is 18.4 Å². The second-order valence-electron chi connectivity index (χ2n) is 6.03. The normalized spacial score (nSPS) is 10.1. The van der Waals surface area contributed by atoms with Crippen molar-refractivity contribution in [2.75, 3.05) is 23.0 Å². The lowest BCUT2D eigenvalue weighted by Crippen LogP contribution is -2.30. The Morgan fingerprint density at radius 3 is 2.37 bits per heavy atom. The molecule has 0 radical (unpaired) electrons. The number of esters is 1. The first-order valence-corrected chi connectivity index (χ1v) is 8.67. The van der Waals surface area contributed by atoms with Gasteiger partial charge in [0, 0.05) is 0 Å². The molecule has 0 unspecified atom stereocenters. The molecule has 7 nitrogen and oxygen atoms in total. The summed E-state index contributed by atoms with van der Waals surface area (Å²) in [5, 5.41) is 4.91. The lowest BCUT2D eigenvalue weighted by Gasteiger charge is -2.12. The Morgan fingerprint density at radius 1 is 1.00 bits per heavy atom. The molecule has 27 heavy (non-hydrogen) atoms. The maximum absolute atomic E-state index is 12.2. The Bertz CT molecular complexity index is 849. The van der Waals surface area contributed by atoms with Gasteiger partial charge in [0.2, 0.25) is 0 Å². The fourth-order valence-corrected chi connectivity index (χ4v) is 2.29. The van der Waals surface area contributed by atoms with Crippen LogP contribution in [0.1, 0.15) is 35.7 Å². The van der Waals surface area contributed by atoms with E-state index in [0.29, 0.717) is 18.0 Å². The van der Waals surface area contributed by atoms with Crippen molar-refractivity contribution in [1.82, 2.24) is 0 Å². The molecule has 0 aliphatic carbocycles. The van der Waals surface area contributed by atoms with Gasteiger partial charge >= 0.3 is 17.8 Å². The number of anilines is 3. The summed E-state index contributed by atoms with van der Waals surface area (Å²) >= 11 is 0. The molecule has 4 N–H and O–H groups in total. The van der Waals surface area contributed by atoms with Crippen LogP contribution in [-0.2, 0) is 14.3 Å². The number of rotatable bonds is 6. The highest BCUT2D eigenvalue weighted by Gasteiger charge is 2.19. The minimum atomic E-state index is -0.912. The summed E-state index contributed by atoms with van der Waals surface area (Å²) in [6, 6.07) is 11.5. The largest absolute Gasteiger partial charge is 0.462 e. The molecule has 142 valence electrons. The van der Waals surface area contributed by atoms with Crippen LogP contribution in [0.4, 0.5) is 17.1 Å². The number of carbonyl (C=O) groups is 3. The van der Waals surface area contributed by atoms with Gasteiger partial charge in [-0.3, -0.25) is 9.59 Å². The van der Waals surface area contributed by atoms with E-state index >= 15 is 0 Å². The smallest absolute Gasteiger partial charge is 0.340 e. The Kier molecular flexibility index (Phi) is 6.93. The predicted octanol–water partition coefficient (Wildman–Crippen LogP) is 3.11. The first kappa shape index (κ1) is 20.0. The molecule has 0 aliphatic heterocycles. The average Bonchev–Trinajstić information content (AvgIpc) is 2.65. The number of ether oxygens (including phenoxy) is 1. The minimum absolute atomic E-state index is 0.185. The Hall–Kier alpha value is -3.35. The average molecular weight is 369 g/mol. The number of para-hydroxylation sites is 1. The van der Waals surface area contributed by atoms with Crippen LogP contribution in [0.5, 0.6) is 0 Å². The molecule has 2 rings (SSSR count). The van der Waals surface area contributed by atoms with E-state index in [1.54, 1.807) is 30.3 Å². The molecule has 0 saturated heterocycles. The highest BCUT2D eigenvalue weighted by atomic mass is 16.5. The van der Waals surface area contributed by atoms with Crippen molar-refractivity contribution in [2.45, 2.75) is 26.7 Å². The number of carbonyl (C=O) groups excluding carboxylic acids is 3. The van der Waals surface area contributed by atoms with Gasteiger partial charge in [-0.1, -0.05) is 31.5 Å². The summed E-state index contributed by atoms with van der Waals surface area (Å²) < 4.78 is 5.17. The van der Waals surface area contributed by atoms with Gasteiger partial charge in [0.15, 0.2) is 0 Å². The number of nitrogens with two attached hydrogens (primary N) is 1. The zero-order chi connectivity index (χ0) is 19.8. The van der Waals surface area contributed by atoms with E-state index in [2.05, 4.69) is 10.6 Å². The lowest BCUT2D eigenvalue weighted by molar-refractivity contribution is -0.132. The zero-order valence-electron chi connectivity index (χ0n) is 15.4. The summed E-state index contributed by atoms with van der Waals surface area (Å²) in [6.45, 7) is 4.13. The molecule has 0 aliphatic rings. The van der Waals surface area contributed by atoms with Crippen molar-refractivity contribution < 1.29 is 19.1 Å². The third-order valence-corrected chi connectivity index (χ3v) is 3.79. The van der Waals surface area contributed by atoms with Gasteiger partial charge in [-0.05, 0) is 43.2 Å². The van der Waals surface area contributed by atoms with E-state index in [-0.39, 0.29) is 11.3 Å². The number of nitrogen functional groups attached to an aromatic ring is 1. The third kappa shape index (κ3) is 5.57.